The molecule has 1 unspecified atom stereocenters. The summed E-state index contributed by atoms with van der Waals surface area (Å²) in [7, 11) is 1.67. The Bertz CT molecular complexity index is 583. The lowest BCUT2D eigenvalue weighted by Crippen LogP contribution is -2.19. The van der Waals surface area contributed by atoms with Gasteiger partial charge in [0.1, 0.15) is 11.6 Å². The van der Waals surface area contributed by atoms with Crippen LogP contribution in [0.2, 0.25) is 0 Å². The number of ether oxygens (including phenoxy) is 1. The van der Waals surface area contributed by atoms with E-state index in [1.807, 2.05) is 30.3 Å². The van der Waals surface area contributed by atoms with E-state index in [0.717, 1.165) is 34.2 Å². The molecule has 2 aromatic carbocycles. The molecule has 0 amide bonds. The fraction of sp³-hybridized carbons (Fsp3) is 0.294. The van der Waals surface area contributed by atoms with Crippen LogP contribution in [-0.2, 0) is 12.8 Å². The van der Waals surface area contributed by atoms with Crippen molar-refractivity contribution in [2.45, 2.75) is 12.8 Å². The van der Waals surface area contributed by atoms with E-state index in [0.29, 0.717) is 6.54 Å². The predicted molar refractivity (Wildman–Crippen MR) is 87.0 cm³/mol. The molecule has 112 valence electrons. The summed E-state index contributed by atoms with van der Waals surface area (Å²) in [6.07, 6.45) is 1.56. The van der Waals surface area contributed by atoms with Crippen molar-refractivity contribution in [1.82, 2.24) is 0 Å². The van der Waals surface area contributed by atoms with Crippen LogP contribution in [-0.4, -0.2) is 13.7 Å². The minimum atomic E-state index is -0.229. The predicted octanol–water partition coefficient (Wildman–Crippen LogP) is 3.96. The number of hydrogen-bond donors (Lipinski definition) is 1. The number of rotatable bonds is 6. The Hall–Kier alpha value is -1.39. The summed E-state index contributed by atoms with van der Waals surface area (Å²) in [6.45, 7) is 0.548. The molecule has 1 atom stereocenters. The van der Waals surface area contributed by atoms with Crippen molar-refractivity contribution in [1.29, 1.82) is 0 Å². The molecule has 2 nitrogen and oxygen atoms in total. The first-order valence-corrected chi connectivity index (χ1v) is 7.68. The standard InChI is InChI=1S/C17H19BrFNO/c1-21-17-5-3-2-4-14(17)7-13(11-20)6-12-8-15(18)10-16(19)9-12/h2-5,8-10,13H,6-7,11,20H2,1H3. The van der Waals surface area contributed by atoms with E-state index < -0.39 is 0 Å². The van der Waals surface area contributed by atoms with Crippen LogP contribution in [0.5, 0.6) is 5.75 Å². The van der Waals surface area contributed by atoms with Crippen LogP contribution in [0.4, 0.5) is 4.39 Å². The van der Waals surface area contributed by atoms with Crippen molar-refractivity contribution in [3.63, 3.8) is 0 Å². The van der Waals surface area contributed by atoms with Crippen molar-refractivity contribution in [3.8, 4) is 5.75 Å². The fourth-order valence-corrected chi connectivity index (χ4v) is 3.00. The third-order valence-electron chi connectivity index (χ3n) is 3.48. The molecular formula is C17H19BrFNO. The molecule has 0 aliphatic carbocycles. The van der Waals surface area contributed by atoms with Gasteiger partial charge in [0.25, 0.3) is 0 Å². The van der Waals surface area contributed by atoms with E-state index in [1.54, 1.807) is 13.2 Å². The van der Waals surface area contributed by atoms with Gasteiger partial charge >= 0.3 is 0 Å². The molecule has 0 saturated heterocycles. The lowest BCUT2D eigenvalue weighted by molar-refractivity contribution is 0.404. The fourth-order valence-electron chi connectivity index (χ4n) is 2.48. The van der Waals surface area contributed by atoms with Crippen LogP contribution in [0.25, 0.3) is 0 Å². The molecular weight excluding hydrogens is 333 g/mol. The minimum absolute atomic E-state index is 0.229. The van der Waals surface area contributed by atoms with Crippen LogP contribution in [0.1, 0.15) is 11.1 Å². The molecule has 0 heterocycles. The highest BCUT2D eigenvalue weighted by Crippen LogP contribution is 2.24. The Kier molecular flexibility index (Phi) is 5.76. The summed E-state index contributed by atoms with van der Waals surface area (Å²) < 4.78 is 19.6. The number of nitrogens with two attached hydrogens (primary N) is 1. The van der Waals surface area contributed by atoms with Gasteiger partial charge in [-0.3, -0.25) is 0 Å². The van der Waals surface area contributed by atoms with Gasteiger partial charge in [-0.2, -0.15) is 0 Å². The zero-order valence-electron chi connectivity index (χ0n) is 12.0. The SMILES string of the molecule is COc1ccccc1CC(CN)Cc1cc(F)cc(Br)c1. The van der Waals surface area contributed by atoms with E-state index >= 15 is 0 Å². The summed E-state index contributed by atoms with van der Waals surface area (Å²) in [5, 5.41) is 0. The molecule has 0 bridgehead atoms. The van der Waals surface area contributed by atoms with Crippen molar-refractivity contribution in [3.05, 3.63) is 63.9 Å². The number of halogens is 2. The first-order valence-electron chi connectivity index (χ1n) is 6.89. The molecule has 2 aromatic rings. The van der Waals surface area contributed by atoms with Gasteiger partial charge in [-0.1, -0.05) is 34.1 Å². The second kappa shape index (κ2) is 7.57. The van der Waals surface area contributed by atoms with Crippen molar-refractivity contribution >= 4 is 15.9 Å². The molecule has 0 saturated carbocycles. The highest BCUT2D eigenvalue weighted by Gasteiger charge is 2.13. The normalized spacial score (nSPS) is 12.2. The van der Waals surface area contributed by atoms with Gasteiger partial charge in [0, 0.05) is 4.47 Å². The zero-order valence-corrected chi connectivity index (χ0v) is 13.6. The topological polar surface area (TPSA) is 35.2 Å². The molecule has 0 radical (unpaired) electrons. The van der Waals surface area contributed by atoms with Gasteiger partial charge in [0.05, 0.1) is 7.11 Å². The molecule has 0 aliphatic heterocycles. The van der Waals surface area contributed by atoms with E-state index in [-0.39, 0.29) is 11.7 Å². The molecule has 0 aliphatic rings. The molecule has 4 heteroatoms. The monoisotopic (exact) mass is 351 g/mol. The Morgan fingerprint density at radius 1 is 1.19 bits per heavy atom. The van der Waals surface area contributed by atoms with Crippen LogP contribution in [0, 0.1) is 11.7 Å². The third-order valence-corrected chi connectivity index (χ3v) is 3.94. The van der Waals surface area contributed by atoms with Crippen molar-refractivity contribution < 1.29 is 9.13 Å². The van der Waals surface area contributed by atoms with Crippen LogP contribution in [0.3, 0.4) is 0 Å². The lowest BCUT2D eigenvalue weighted by atomic mass is 9.92. The van der Waals surface area contributed by atoms with Crippen LogP contribution in [0.15, 0.2) is 46.9 Å². The van der Waals surface area contributed by atoms with Crippen molar-refractivity contribution in [2.75, 3.05) is 13.7 Å². The Morgan fingerprint density at radius 2 is 1.95 bits per heavy atom. The highest BCUT2D eigenvalue weighted by atomic mass is 79.9. The van der Waals surface area contributed by atoms with E-state index in [2.05, 4.69) is 15.9 Å². The maximum absolute atomic E-state index is 13.4. The minimum Gasteiger partial charge on any atom is -0.496 e. The number of hydrogen-bond acceptors (Lipinski definition) is 2. The Balaban J connectivity index is 2.13. The van der Waals surface area contributed by atoms with Crippen LogP contribution < -0.4 is 10.5 Å². The summed E-state index contributed by atoms with van der Waals surface area (Å²) in [4.78, 5) is 0. The summed E-state index contributed by atoms with van der Waals surface area (Å²) in [5.74, 6) is 0.888. The smallest absolute Gasteiger partial charge is 0.124 e. The summed E-state index contributed by atoms with van der Waals surface area (Å²) >= 11 is 3.32. The summed E-state index contributed by atoms with van der Waals surface area (Å²) in [5.41, 5.74) is 7.97. The maximum atomic E-state index is 13.4. The average Bonchev–Trinajstić information content (AvgIpc) is 2.46. The maximum Gasteiger partial charge on any atom is 0.124 e. The van der Waals surface area contributed by atoms with Gasteiger partial charge in [-0.05, 0) is 60.7 Å². The number of benzene rings is 2. The highest BCUT2D eigenvalue weighted by molar-refractivity contribution is 9.10. The molecule has 0 aromatic heterocycles. The van der Waals surface area contributed by atoms with Gasteiger partial charge in [0.15, 0.2) is 0 Å². The Labute approximate surface area is 133 Å². The average molecular weight is 352 g/mol. The largest absolute Gasteiger partial charge is 0.496 e. The molecule has 0 spiro atoms. The third kappa shape index (κ3) is 4.55. The molecule has 2 N–H and O–H groups in total. The molecule has 0 fully saturated rings. The summed E-state index contributed by atoms with van der Waals surface area (Å²) in [6, 6.07) is 12.9. The Morgan fingerprint density at radius 3 is 2.62 bits per heavy atom. The van der Waals surface area contributed by atoms with E-state index in [9.17, 15) is 4.39 Å². The molecule has 21 heavy (non-hydrogen) atoms. The number of para-hydroxylation sites is 1. The second-order valence-electron chi connectivity index (χ2n) is 5.10. The van der Waals surface area contributed by atoms with Gasteiger partial charge in [0.2, 0.25) is 0 Å². The van der Waals surface area contributed by atoms with Gasteiger partial charge in [-0.25, -0.2) is 4.39 Å². The van der Waals surface area contributed by atoms with E-state index in [1.165, 1.54) is 6.07 Å². The van der Waals surface area contributed by atoms with Gasteiger partial charge < -0.3 is 10.5 Å². The van der Waals surface area contributed by atoms with Crippen LogP contribution >= 0.6 is 15.9 Å². The lowest BCUT2D eigenvalue weighted by Gasteiger charge is -2.17. The van der Waals surface area contributed by atoms with Crippen molar-refractivity contribution in [2.24, 2.45) is 11.7 Å². The quantitative estimate of drug-likeness (QED) is 0.854. The van der Waals surface area contributed by atoms with Gasteiger partial charge in [-0.15, -0.1) is 0 Å². The molecule has 2 rings (SSSR count). The first kappa shape index (κ1) is 16.0. The van der Waals surface area contributed by atoms with E-state index in [4.69, 9.17) is 10.5 Å². The second-order valence-corrected chi connectivity index (χ2v) is 6.02. The first-order chi connectivity index (χ1) is 10.1. The zero-order chi connectivity index (χ0) is 15.2. The number of methoxy groups -OCH3 is 1.